The Balaban J connectivity index is 2.07. The van der Waals surface area contributed by atoms with Gasteiger partial charge in [-0.05, 0) is 24.0 Å². The average molecular weight is 198 g/mol. The van der Waals surface area contributed by atoms with Crippen LogP contribution >= 0.6 is 0 Å². The zero-order valence-corrected chi connectivity index (χ0v) is 9.06. The summed E-state index contributed by atoms with van der Waals surface area (Å²) in [6, 6.07) is 4.24. The molecule has 0 unspecified atom stereocenters. The molecule has 0 spiro atoms. The first-order valence-corrected chi connectivity index (χ1v) is 5.34. The monoisotopic (exact) mass is 198 g/mol. The smallest absolute Gasteiger partial charge is 0.169 e. The molecule has 76 valence electrons. The van der Waals surface area contributed by atoms with E-state index in [0.717, 1.165) is 6.42 Å². The fourth-order valence-corrected chi connectivity index (χ4v) is 1.59. The largest absolute Gasteiger partial charge is 0.208 e. The number of pyridine rings is 1. The summed E-state index contributed by atoms with van der Waals surface area (Å²) in [6.45, 7) is 0. The van der Waals surface area contributed by atoms with Crippen molar-refractivity contribution in [1.82, 2.24) is 0 Å². The highest BCUT2D eigenvalue weighted by molar-refractivity contribution is 5.52. The lowest BCUT2D eigenvalue weighted by atomic mass is 10.0. The average Bonchev–Trinajstić information content (AvgIpc) is 2.30. The number of hydrogen-bond acceptors (Lipinski definition) is 0. The Morgan fingerprint density at radius 2 is 2.00 bits per heavy atom. The molecule has 0 atom stereocenters. The first-order chi connectivity index (χ1) is 7.34. The molecule has 0 aliphatic heterocycles. The number of aromatic nitrogens is 1. The lowest BCUT2D eigenvalue weighted by Gasteiger charge is -2.02. The third kappa shape index (κ3) is 2.91. The molecule has 1 aromatic heterocycles. The van der Waals surface area contributed by atoms with E-state index in [4.69, 9.17) is 0 Å². The van der Waals surface area contributed by atoms with E-state index < -0.39 is 0 Å². The Bertz CT molecular complexity index is 407. The molecule has 0 N–H and O–H groups in total. The van der Waals surface area contributed by atoms with Gasteiger partial charge in [0.15, 0.2) is 12.4 Å². The molecular weight excluding hydrogens is 182 g/mol. The van der Waals surface area contributed by atoms with Crippen molar-refractivity contribution >= 4 is 6.08 Å². The van der Waals surface area contributed by atoms with Gasteiger partial charge >= 0.3 is 0 Å². The minimum atomic E-state index is 1.16. The summed E-state index contributed by atoms with van der Waals surface area (Å²) in [4.78, 5) is 0. The molecule has 0 saturated heterocycles. The molecule has 1 aromatic rings. The summed E-state index contributed by atoms with van der Waals surface area (Å²) in [5.74, 6) is 0. The zero-order chi connectivity index (χ0) is 10.5. The Labute approximate surface area is 91.1 Å². The van der Waals surface area contributed by atoms with Crippen molar-refractivity contribution in [3.63, 3.8) is 0 Å². The zero-order valence-electron chi connectivity index (χ0n) is 9.06. The van der Waals surface area contributed by atoms with E-state index in [9.17, 15) is 0 Å². The highest BCUT2D eigenvalue weighted by Gasteiger charge is 1.95. The summed E-state index contributed by atoms with van der Waals surface area (Å²) in [7, 11) is 2.03. The van der Waals surface area contributed by atoms with E-state index in [0.29, 0.717) is 0 Å². The molecule has 15 heavy (non-hydrogen) atoms. The maximum absolute atomic E-state index is 2.21. The van der Waals surface area contributed by atoms with Gasteiger partial charge in [0, 0.05) is 12.1 Å². The van der Waals surface area contributed by atoms with Gasteiger partial charge in [-0.2, -0.15) is 0 Å². The molecule has 0 saturated carbocycles. The van der Waals surface area contributed by atoms with Gasteiger partial charge < -0.3 is 0 Å². The van der Waals surface area contributed by atoms with Crippen molar-refractivity contribution in [3.05, 3.63) is 60.0 Å². The first-order valence-electron chi connectivity index (χ1n) is 5.34. The predicted molar refractivity (Wildman–Crippen MR) is 63.1 cm³/mol. The van der Waals surface area contributed by atoms with Crippen molar-refractivity contribution in [2.75, 3.05) is 0 Å². The van der Waals surface area contributed by atoms with Crippen LogP contribution in [0.1, 0.15) is 18.4 Å². The van der Waals surface area contributed by atoms with E-state index in [1.807, 2.05) is 11.6 Å². The minimum absolute atomic E-state index is 1.16. The number of aryl methyl sites for hydroxylation is 1. The highest BCUT2D eigenvalue weighted by Crippen LogP contribution is 2.14. The number of rotatable bonds is 2. The van der Waals surface area contributed by atoms with Crippen molar-refractivity contribution in [2.24, 2.45) is 7.05 Å². The van der Waals surface area contributed by atoms with Crippen LogP contribution in [-0.2, 0) is 7.05 Å². The van der Waals surface area contributed by atoms with Crippen LogP contribution in [0.15, 0.2) is 54.4 Å². The Kier molecular flexibility index (Phi) is 3.13. The number of allylic oxidation sites excluding steroid dienone is 5. The lowest BCUT2D eigenvalue weighted by molar-refractivity contribution is -0.671. The van der Waals surface area contributed by atoms with E-state index in [-0.39, 0.29) is 0 Å². The van der Waals surface area contributed by atoms with Crippen LogP contribution in [0.2, 0.25) is 0 Å². The maximum Gasteiger partial charge on any atom is 0.169 e. The quantitative estimate of drug-likeness (QED) is 0.643. The van der Waals surface area contributed by atoms with Gasteiger partial charge in [-0.15, -0.1) is 0 Å². The maximum atomic E-state index is 2.21. The third-order valence-corrected chi connectivity index (χ3v) is 2.54. The van der Waals surface area contributed by atoms with Gasteiger partial charge in [-0.25, -0.2) is 4.57 Å². The molecule has 1 aliphatic carbocycles. The number of nitrogens with zero attached hydrogens (tertiary/aromatic N) is 1. The van der Waals surface area contributed by atoms with Crippen LogP contribution in [0.4, 0.5) is 0 Å². The van der Waals surface area contributed by atoms with Gasteiger partial charge in [0.25, 0.3) is 0 Å². The number of hydrogen-bond donors (Lipinski definition) is 0. The standard InChI is InChI=1S/C14H16N/c1-15-11-9-14(10-12-15)8-7-13-5-3-2-4-6-13/h2-3,5,7-12H,4,6H2,1H3/q+1/b8-7+. The molecular formula is C14H16N+. The molecule has 1 aliphatic rings. The van der Waals surface area contributed by atoms with E-state index in [1.54, 1.807) is 0 Å². The fraction of sp³-hybridized carbons (Fsp3) is 0.214. The highest BCUT2D eigenvalue weighted by atomic mass is 14.9. The normalized spacial score (nSPS) is 15.7. The summed E-state index contributed by atoms with van der Waals surface area (Å²) in [5, 5.41) is 0. The summed E-state index contributed by atoms with van der Waals surface area (Å²) < 4.78 is 2.04. The Morgan fingerprint density at radius 1 is 1.20 bits per heavy atom. The van der Waals surface area contributed by atoms with Crippen molar-refractivity contribution in [1.29, 1.82) is 0 Å². The van der Waals surface area contributed by atoms with Crippen LogP contribution < -0.4 is 4.57 Å². The molecule has 0 radical (unpaired) electrons. The molecule has 2 rings (SSSR count). The first kappa shape index (κ1) is 9.91. The van der Waals surface area contributed by atoms with E-state index in [1.165, 1.54) is 17.6 Å². The topological polar surface area (TPSA) is 3.88 Å². The second-order valence-electron chi connectivity index (χ2n) is 3.84. The Morgan fingerprint density at radius 3 is 2.67 bits per heavy atom. The molecule has 1 heteroatoms. The van der Waals surface area contributed by atoms with Crippen LogP contribution in [0.3, 0.4) is 0 Å². The van der Waals surface area contributed by atoms with Gasteiger partial charge in [-0.3, -0.25) is 0 Å². The second kappa shape index (κ2) is 4.74. The van der Waals surface area contributed by atoms with Crippen molar-refractivity contribution in [3.8, 4) is 0 Å². The summed E-state index contributed by atoms with van der Waals surface area (Å²) in [5.41, 5.74) is 2.66. The third-order valence-electron chi connectivity index (χ3n) is 2.54. The van der Waals surface area contributed by atoms with Crippen LogP contribution in [0.5, 0.6) is 0 Å². The van der Waals surface area contributed by atoms with Gasteiger partial charge in [0.1, 0.15) is 7.05 Å². The molecule has 0 amide bonds. The van der Waals surface area contributed by atoms with Crippen molar-refractivity contribution in [2.45, 2.75) is 12.8 Å². The molecule has 1 nitrogen and oxygen atoms in total. The SMILES string of the molecule is C[n+]1ccc(/C=C/C2=CC=CCC2)cc1. The van der Waals surface area contributed by atoms with Gasteiger partial charge in [0.2, 0.25) is 0 Å². The molecule has 1 heterocycles. The summed E-state index contributed by atoms with van der Waals surface area (Å²) in [6.07, 6.45) is 17.4. The molecule has 0 aromatic carbocycles. The van der Waals surface area contributed by atoms with E-state index >= 15 is 0 Å². The van der Waals surface area contributed by atoms with Gasteiger partial charge in [-0.1, -0.05) is 30.4 Å². The van der Waals surface area contributed by atoms with Crippen LogP contribution in [0, 0.1) is 0 Å². The van der Waals surface area contributed by atoms with Crippen LogP contribution in [0.25, 0.3) is 6.08 Å². The molecule has 0 bridgehead atoms. The lowest BCUT2D eigenvalue weighted by Crippen LogP contribution is -2.25. The molecule has 0 fully saturated rings. The fourth-order valence-electron chi connectivity index (χ4n) is 1.59. The predicted octanol–water partition coefficient (Wildman–Crippen LogP) is 2.80. The van der Waals surface area contributed by atoms with Crippen molar-refractivity contribution < 1.29 is 4.57 Å². The van der Waals surface area contributed by atoms with Gasteiger partial charge in [0.05, 0.1) is 0 Å². The van der Waals surface area contributed by atoms with E-state index in [2.05, 4.69) is 54.9 Å². The second-order valence-corrected chi connectivity index (χ2v) is 3.84. The summed E-state index contributed by atoms with van der Waals surface area (Å²) >= 11 is 0. The Hall–Kier alpha value is -1.63. The van der Waals surface area contributed by atoms with Crippen LogP contribution in [-0.4, -0.2) is 0 Å². The minimum Gasteiger partial charge on any atom is -0.208 e.